The summed E-state index contributed by atoms with van der Waals surface area (Å²) >= 11 is 0. The number of amides is 1. The van der Waals surface area contributed by atoms with E-state index >= 15 is 0 Å². The fourth-order valence-electron chi connectivity index (χ4n) is 2.53. The molecule has 0 fully saturated rings. The Balaban J connectivity index is 2.38. The van der Waals surface area contributed by atoms with Crippen molar-refractivity contribution in [2.75, 3.05) is 6.54 Å². The maximum absolute atomic E-state index is 11.7. The van der Waals surface area contributed by atoms with E-state index in [0.29, 0.717) is 12.6 Å². The van der Waals surface area contributed by atoms with Crippen molar-refractivity contribution in [3.05, 3.63) is 18.2 Å². The standard InChI is InChI=1S/C18H33N3O2/c1-6-7-8-9-10-15(2)21-14-19-13-16(21)11-12-20-17(22)23-18(3,4)5/h13-15H,6-12H2,1-5H3,(H,20,22). The number of hydrogen-bond donors (Lipinski definition) is 1. The van der Waals surface area contributed by atoms with Crippen molar-refractivity contribution in [2.45, 2.75) is 84.8 Å². The third kappa shape index (κ3) is 8.05. The summed E-state index contributed by atoms with van der Waals surface area (Å²) in [4.78, 5) is 15.9. The van der Waals surface area contributed by atoms with Crippen molar-refractivity contribution in [1.29, 1.82) is 0 Å². The number of nitrogens with zero attached hydrogens (tertiary/aromatic N) is 2. The molecule has 1 aromatic rings. The van der Waals surface area contributed by atoms with E-state index < -0.39 is 5.60 Å². The van der Waals surface area contributed by atoms with Gasteiger partial charge in [-0.3, -0.25) is 0 Å². The van der Waals surface area contributed by atoms with E-state index in [1.54, 1.807) is 0 Å². The van der Waals surface area contributed by atoms with Crippen LogP contribution >= 0.6 is 0 Å². The minimum Gasteiger partial charge on any atom is -0.444 e. The van der Waals surface area contributed by atoms with E-state index in [0.717, 1.165) is 12.1 Å². The molecular formula is C18H33N3O2. The van der Waals surface area contributed by atoms with Gasteiger partial charge in [-0.25, -0.2) is 9.78 Å². The first-order valence-corrected chi connectivity index (χ1v) is 8.81. The van der Waals surface area contributed by atoms with Crippen LogP contribution < -0.4 is 5.32 Å². The lowest BCUT2D eigenvalue weighted by Crippen LogP contribution is -2.33. The number of carbonyl (C=O) groups excluding carboxylic acids is 1. The molecule has 1 amide bonds. The van der Waals surface area contributed by atoms with E-state index in [1.807, 2.05) is 33.3 Å². The molecule has 0 aliphatic carbocycles. The summed E-state index contributed by atoms with van der Waals surface area (Å²) in [6.45, 7) is 10.6. The molecule has 0 bridgehead atoms. The van der Waals surface area contributed by atoms with Gasteiger partial charge in [0.05, 0.1) is 6.33 Å². The van der Waals surface area contributed by atoms with Gasteiger partial charge in [0, 0.05) is 30.9 Å². The summed E-state index contributed by atoms with van der Waals surface area (Å²) in [6.07, 6.45) is 10.5. The fourth-order valence-corrected chi connectivity index (χ4v) is 2.53. The quantitative estimate of drug-likeness (QED) is 0.682. The molecule has 0 aliphatic rings. The lowest BCUT2D eigenvalue weighted by Gasteiger charge is -2.20. The minimum absolute atomic E-state index is 0.365. The number of alkyl carbamates (subject to hydrolysis) is 1. The maximum atomic E-state index is 11.7. The molecule has 0 radical (unpaired) electrons. The van der Waals surface area contributed by atoms with Gasteiger partial charge >= 0.3 is 6.09 Å². The van der Waals surface area contributed by atoms with Crippen molar-refractivity contribution in [2.24, 2.45) is 0 Å². The van der Waals surface area contributed by atoms with Crippen LogP contribution in [0.1, 0.15) is 78.5 Å². The Kier molecular flexibility index (Phi) is 8.13. The fraction of sp³-hybridized carbons (Fsp3) is 0.778. The summed E-state index contributed by atoms with van der Waals surface area (Å²) in [7, 11) is 0. The predicted molar refractivity (Wildman–Crippen MR) is 93.6 cm³/mol. The summed E-state index contributed by atoms with van der Waals surface area (Å²) in [5, 5.41) is 2.80. The van der Waals surface area contributed by atoms with Crippen molar-refractivity contribution < 1.29 is 9.53 Å². The summed E-state index contributed by atoms with van der Waals surface area (Å²) in [5.41, 5.74) is 0.697. The van der Waals surface area contributed by atoms with Gasteiger partial charge in [-0.15, -0.1) is 0 Å². The Morgan fingerprint density at radius 3 is 2.74 bits per heavy atom. The number of nitrogens with one attached hydrogen (secondary N) is 1. The topological polar surface area (TPSA) is 56.2 Å². The average molecular weight is 323 g/mol. The zero-order valence-corrected chi connectivity index (χ0v) is 15.4. The van der Waals surface area contributed by atoms with Gasteiger partial charge < -0.3 is 14.6 Å². The highest BCUT2D eigenvalue weighted by Crippen LogP contribution is 2.18. The molecule has 0 saturated carbocycles. The van der Waals surface area contributed by atoms with Crippen molar-refractivity contribution in [3.8, 4) is 0 Å². The predicted octanol–water partition coefficient (Wildman–Crippen LogP) is 4.48. The molecule has 1 aromatic heterocycles. The Hall–Kier alpha value is -1.52. The largest absolute Gasteiger partial charge is 0.444 e. The van der Waals surface area contributed by atoms with Crippen LogP contribution in [0.4, 0.5) is 4.79 Å². The van der Waals surface area contributed by atoms with E-state index in [2.05, 4.69) is 28.7 Å². The zero-order chi connectivity index (χ0) is 17.3. The lowest BCUT2D eigenvalue weighted by molar-refractivity contribution is 0.0528. The van der Waals surface area contributed by atoms with Gasteiger partial charge in [0.2, 0.25) is 0 Å². The molecule has 5 nitrogen and oxygen atoms in total. The van der Waals surface area contributed by atoms with Crippen LogP contribution in [-0.4, -0.2) is 27.8 Å². The van der Waals surface area contributed by atoms with Crippen molar-refractivity contribution in [3.63, 3.8) is 0 Å². The smallest absolute Gasteiger partial charge is 0.407 e. The van der Waals surface area contributed by atoms with Gasteiger partial charge in [0.15, 0.2) is 0 Å². The first-order chi connectivity index (χ1) is 10.8. The highest BCUT2D eigenvalue weighted by molar-refractivity contribution is 5.67. The first kappa shape index (κ1) is 19.5. The highest BCUT2D eigenvalue weighted by Gasteiger charge is 2.16. The molecule has 5 heteroatoms. The van der Waals surface area contributed by atoms with Crippen LogP contribution in [0, 0.1) is 0 Å². The number of unbranched alkanes of at least 4 members (excludes halogenated alkanes) is 3. The molecule has 0 aliphatic heterocycles. The monoisotopic (exact) mass is 323 g/mol. The van der Waals surface area contributed by atoms with Crippen LogP contribution in [0.25, 0.3) is 0 Å². The van der Waals surface area contributed by atoms with Gasteiger partial charge in [0.25, 0.3) is 0 Å². The molecule has 1 atom stereocenters. The minimum atomic E-state index is -0.459. The summed E-state index contributed by atoms with van der Waals surface area (Å²) in [6, 6.07) is 0.450. The molecule has 132 valence electrons. The average Bonchev–Trinajstić information content (AvgIpc) is 2.90. The number of aromatic nitrogens is 2. The zero-order valence-electron chi connectivity index (χ0n) is 15.4. The van der Waals surface area contributed by atoms with E-state index in [-0.39, 0.29) is 6.09 Å². The molecule has 0 aromatic carbocycles. The number of imidazole rings is 1. The van der Waals surface area contributed by atoms with Crippen LogP contribution in [0.5, 0.6) is 0 Å². The Morgan fingerprint density at radius 1 is 1.35 bits per heavy atom. The highest BCUT2D eigenvalue weighted by atomic mass is 16.6. The Labute approximate surface area is 140 Å². The van der Waals surface area contributed by atoms with Gasteiger partial charge in [0.1, 0.15) is 5.60 Å². The number of hydrogen-bond acceptors (Lipinski definition) is 3. The molecule has 0 spiro atoms. The maximum Gasteiger partial charge on any atom is 0.407 e. The van der Waals surface area contributed by atoms with Gasteiger partial charge in [-0.1, -0.05) is 32.6 Å². The molecule has 1 N–H and O–H groups in total. The van der Waals surface area contributed by atoms with E-state index in [9.17, 15) is 4.79 Å². The number of carbonyl (C=O) groups is 1. The lowest BCUT2D eigenvalue weighted by atomic mass is 10.1. The summed E-state index contributed by atoms with van der Waals surface area (Å²) < 4.78 is 7.46. The Bertz CT molecular complexity index is 463. The third-order valence-electron chi connectivity index (χ3n) is 3.75. The molecule has 1 rings (SSSR count). The second-order valence-corrected chi connectivity index (χ2v) is 7.17. The first-order valence-electron chi connectivity index (χ1n) is 8.81. The van der Waals surface area contributed by atoms with E-state index in [4.69, 9.17) is 4.74 Å². The van der Waals surface area contributed by atoms with Gasteiger partial charge in [-0.05, 0) is 34.1 Å². The number of ether oxygens (including phenoxy) is 1. The van der Waals surface area contributed by atoms with Crippen LogP contribution in [0.3, 0.4) is 0 Å². The van der Waals surface area contributed by atoms with E-state index in [1.165, 1.54) is 32.1 Å². The van der Waals surface area contributed by atoms with Crippen LogP contribution in [0.2, 0.25) is 0 Å². The van der Waals surface area contributed by atoms with Crippen LogP contribution in [-0.2, 0) is 11.2 Å². The molecule has 1 unspecified atom stereocenters. The number of rotatable bonds is 9. The normalized spacial score (nSPS) is 12.9. The second kappa shape index (κ2) is 9.58. The Morgan fingerprint density at radius 2 is 2.09 bits per heavy atom. The molecular weight excluding hydrogens is 290 g/mol. The van der Waals surface area contributed by atoms with Crippen LogP contribution in [0.15, 0.2) is 12.5 Å². The second-order valence-electron chi connectivity index (χ2n) is 7.17. The van der Waals surface area contributed by atoms with Crippen molar-refractivity contribution in [1.82, 2.24) is 14.9 Å². The van der Waals surface area contributed by atoms with Gasteiger partial charge in [-0.2, -0.15) is 0 Å². The molecule has 23 heavy (non-hydrogen) atoms. The van der Waals surface area contributed by atoms with Crippen molar-refractivity contribution >= 4 is 6.09 Å². The third-order valence-corrected chi connectivity index (χ3v) is 3.75. The molecule has 0 saturated heterocycles. The molecule has 1 heterocycles. The summed E-state index contributed by atoms with van der Waals surface area (Å²) in [5.74, 6) is 0. The SMILES string of the molecule is CCCCCCC(C)n1cncc1CCNC(=O)OC(C)(C)C.